The van der Waals surface area contributed by atoms with Gasteiger partial charge in [-0.15, -0.1) is 0 Å². The van der Waals surface area contributed by atoms with Gasteiger partial charge in [0.1, 0.15) is 5.41 Å². The summed E-state index contributed by atoms with van der Waals surface area (Å²) >= 11 is 6.01. The molecule has 108 valence electrons. The fourth-order valence-electron chi connectivity index (χ4n) is 1.95. The van der Waals surface area contributed by atoms with Gasteiger partial charge in [0.2, 0.25) is 11.8 Å². The molecule has 0 atom stereocenters. The molecule has 20 heavy (non-hydrogen) atoms. The van der Waals surface area contributed by atoms with E-state index >= 15 is 0 Å². The molecular weight excluding hydrogens is 276 g/mol. The van der Waals surface area contributed by atoms with Crippen LogP contribution in [0.15, 0.2) is 24.3 Å². The lowest BCUT2D eigenvalue weighted by Gasteiger charge is -2.16. The van der Waals surface area contributed by atoms with Crippen molar-refractivity contribution in [2.45, 2.75) is 26.7 Å². The number of anilines is 1. The van der Waals surface area contributed by atoms with E-state index in [4.69, 9.17) is 11.6 Å². The highest BCUT2D eigenvalue weighted by molar-refractivity contribution is 6.34. The standard InChI is InChI=1S/C15H19ClN2O2/c1-10(2)9-17-13(19)15(7-8-15)14(20)18-12-6-4-3-5-11(12)16/h3-6,10H,7-9H2,1-2H3,(H,17,19)(H,18,20). The molecule has 0 aromatic heterocycles. The van der Waals surface area contributed by atoms with Gasteiger partial charge in [0.05, 0.1) is 10.7 Å². The van der Waals surface area contributed by atoms with Crippen LogP contribution >= 0.6 is 11.6 Å². The zero-order chi connectivity index (χ0) is 14.8. The maximum Gasteiger partial charge on any atom is 0.240 e. The smallest absolute Gasteiger partial charge is 0.240 e. The number of hydrogen-bond acceptors (Lipinski definition) is 2. The minimum absolute atomic E-state index is 0.184. The highest BCUT2D eigenvalue weighted by atomic mass is 35.5. The summed E-state index contributed by atoms with van der Waals surface area (Å²) in [5, 5.41) is 6.05. The predicted molar refractivity (Wildman–Crippen MR) is 79.6 cm³/mol. The summed E-state index contributed by atoms with van der Waals surface area (Å²) in [4.78, 5) is 24.4. The number of rotatable bonds is 5. The van der Waals surface area contributed by atoms with Crippen molar-refractivity contribution in [2.75, 3.05) is 11.9 Å². The van der Waals surface area contributed by atoms with E-state index in [0.29, 0.717) is 36.0 Å². The van der Waals surface area contributed by atoms with Crippen LogP contribution in [0.5, 0.6) is 0 Å². The Morgan fingerprint density at radius 2 is 1.90 bits per heavy atom. The Balaban J connectivity index is 2.02. The second-order valence-corrected chi connectivity index (χ2v) is 6.03. The van der Waals surface area contributed by atoms with Gasteiger partial charge in [-0.3, -0.25) is 9.59 Å². The van der Waals surface area contributed by atoms with E-state index in [-0.39, 0.29) is 11.8 Å². The van der Waals surface area contributed by atoms with Crippen LogP contribution < -0.4 is 10.6 Å². The largest absolute Gasteiger partial charge is 0.355 e. The maximum atomic E-state index is 12.3. The first-order valence-corrected chi connectivity index (χ1v) is 7.18. The van der Waals surface area contributed by atoms with Crippen LogP contribution in [0.4, 0.5) is 5.69 Å². The third-order valence-electron chi connectivity index (χ3n) is 3.41. The van der Waals surface area contributed by atoms with Gasteiger partial charge >= 0.3 is 0 Å². The summed E-state index contributed by atoms with van der Waals surface area (Å²) in [6, 6.07) is 7.01. The Kier molecular flexibility index (Phi) is 4.33. The van der Waals surface area contributed by atoms with Crippen molar-refractivity contribution in [3.05, 3.63) is 29.3 Å². The lowest BCUT2D eigenvalue weighted by Crippen LogP contribution is -2.41. The molecule has 0 bridgehead atoms. The topological polar surface area (TPSA) is 58.2 Å². The summed E-state index contributed by atoms with van der Waals surface area (Å²) in [6.45, 7) is 4.62. The molecular formula is C15H19ClN2O2. The summed E-state index contributed by atoms with van der Waals surface area (Å²) in [6.07, 6.45) is 1.18. The van der Waals surface area contributed by atoms with Gasteiger partial charge in [-0.05, 0) is 30.9 Å². The van der Waals surface area contributed by atoms with E-state index < -0.39 is 5.41 Å². The summed E-state index contributed by atoms with van der Waals surface area (Å²) in [5.41, 5.74) is -0.365. The van der Waals surface area contributed by atoms with Crippen LogP contribution in [0, 0.1) is 11.3 Å². The molecule has 0 aliphatic heterocycles. The number of amides is 2. The molecule has 0 unspecified atom stereocenters. The van der Waals surface area contributed by atoms with Gasteiger partial charge in [0.15, 0.2) is 0 Å². The molecule has 2 rings (SSSR count). The van der Waals surface area contributed by atoms with Crippen LogP contribution in [0.1, 0.15) is 26.7 Å². The van der Waals surface area contributed by atoms with Crippen LogP contribution in [0.2, 0.25) is 5.02 Å². The molecule has 2 N–H and O–H groups in total. The molecule has 1 aliphatic rings. The van der Waals surface area contributed by atoms with Gasteiger partial charge < -0.3 is 10.6 Å². The predicted octanol–water partition coefficient (Wildman–Crippen LogP) is 2.83. The zero-order valence-electron chi connectivity index (χ0n) is 11.7. The average Bonchev–Trinajstić information content (AvgIpc) is 3.20. The van der Waals surface area contributed by atoms with Crippen LogP contribution in [-0.4, -0.2) is 18.4 Å². The van der Waals surface area contributed by atoms with Crippen molar-refractivity contribution in [2.24, 2.45) is 11.3 Å². The van der Waals surface area contributed by atoms with Crippen molar-refractivity contribution < 1.29 is 9.59 Å². The number of halogens is 1. The fourth-order valence-corrected chi connectivity index (χ4v) is 2.14. The molecule has 0 radical (unpaired) electrons. The van der Waals surface area contributed by atoms with E-state index in [1.54, 1.807) is 24.3 Å². The van der Waals surface area contributed by atoms with Crippen molar-refractivity contribution in [1.29, 1.82) is 0 Å². The lowest BCUT2D eigenvalue weighted by molar-refractivity contribution is -0.134. The summed E-state index contributed by atoms with van der Waals surface area (Å²) < 4.78 is 0. The van der Waals surface area contributed by atoms with Gasteiger partial charge in [-0.25, -0.2) is 0 Å². The Morgan fingerprint density at radius 1 is 1.25 bits per heavy atom. The maximum absolute atomic E-state index is 12.3. The first-order valence-electron chi connectivity index (χ1n) is 6.80. The SMILES string of the molecule is CC(C)CNC(=O)C1(C(=O)Nc2ccccc2Cl)CC1. The Labute approximate surface area is 123 Å². The second-order valence-electron chi connectivity index (χ2n) is 5.62. The van der Waals surface area contributed by atoms with Crippen LogP contribution in [0.3, 0.4) is 0 Å². The molecule has 1 saturated carbocycles. The minimum atomic E-state index is -0.909. The number of hydrogen-bond donors (Lipinski definition) is 2. The molecule has 1 fully saturated rings. The van der Waals surface area contributed by atoms with Crippen molar-refractivity contribution >= 4 is 29.1 Å². The van der Waals surface area contributed by atoms with Gasteiger partial charge in [-0.1, -0.05) is 37.6 Å². The number of carbonyl (C=O) groups is 2. The third-order valence-corrected chi connectivity index (χ3v) is 3.74. The fraction of sp³-hybridized carbons (Fsp3) is 0.467. The van der Waals surface area contributed by atoms with Crippen molar-refractivity contribution in [3.63, 3.8) is 0 Å². The van der Waals surface area contributed by atoms with E-state index in [2.05, 4.69) is 10.6 Å². The Hall–Kier alpha value is -1.55. The van der Waals surface area contributed by atoms with Gasteiger partial charge in [-0.2, -0.15) is 0 Å². The third kappa shape index (κ3) is 3.12. The second kappa shape index (κ2) is 5.83. The number of carbonyl (C=O) groups excluding carboxylic acids is 2. The van der Waals surface area contributed by atoms with Crippen molar-refractivity contribution in [1.82, 2.24) is 5.32 Å². The first-order chi connectivity index (χ1) is 9.45. The highest BCUT2D eigenvalue weighted by Crippen LogP contribution is 2.47. The Bertz CT molecular complexity index is 524. The molecule has 1 aromatic carbocycles. The van der Waals surface area contributed by atoms with E-state index in [0.717, 1.165) is 0 Å². The molecule has 0 heterocycles. The molecule has 0 spiro atoms. The quantitative estimate of drug-likeness (QED) is 0.821. The van der Waals surface area contributed by atoms with Crippen LogP contribution in [-0.2, 0) is 9.59 Å². The summed E-state index contributed by atoms with van der Waals surface area (Å²) in [7, 11) is 0. The normalized spacial score (nSPS) is 15.8. The lowest BCUT2D eigenvalue weighted by atomic mass is 10.0. The summed E-state index contributed by atoms with van der Waals surface area (Å²) in [5.74, 6) is -0.0935. The Morgan fingerprint density at radius 3 is 2.45 bits per heavy atom. The van der Waals surface area contributed by atoms with Gasteiger partial charge in [0.25, 0.3) is 0 Å². The number of benzene rings is 1. The molecule has 1 aromatic rings. The zero-order valence-corrected chi connectivity index (χ0v) is 12.5. The van der Waals surface area contributed by atoms with Crippen LogP contribution in [0.25, 0.3) is 0 Å². The molecule has 2 amide bonds. The minimum Gasteiger partial charge on any atom is -0.355 e. The highest BCUT2D eigenvalue weighted by Gasteiger charge is 2.56. The molecule has 0 saturated heterocycles. The van der Waals surface area contributed by atoms with E-state index in [1.165, 1.54) is 0 Å². The number of nitrogens with one attached hydrogen (secondary N) is 2. The van der Waals surface area contributed by atoms with E-state index in [9.17, 15) is 9.59 Å². The first kappa shape index (κ1) is 14.9. The van der Waals surface area contributed by atoms with Gasteiger partial charge in [0, 0.05) is 6.54 Å². The average molecular weight is 295 g/mol. The monoisotopic (exact) mass is 294 g/mol. The molecule has 5 heteroatoms. The van der Waals surface area contributed by atoms with E-state index in [1.807, 2.05) is 13.8 Å². The molecule has 4 nitrogen and oxygen atoms in total. The van der Waals surface area contributed by atoms with Crippen molar-refractivity contribution in [3.8, 4) is 0 Å². The molecule has 1 aliphatic carbocycles. The number of para-hydroxylation sites is 1.